The Morgan fingerprint density at radius 1 is 1.17 bits per heavy atom. The Hall–Kier alpha value is -4.19. The number of imidazole rings is 1. The van der Waals surface area contributed by atoms with Gasteiger partial charge in [0, 0.05) is 0 Å². The minimum Gasteiger partial charge on any atom is -0.497 e. The third-order valence-electron chi connectivity index (χ3n) is 4.45. The molecular formula is C20H16FN7O. The number of hydrogen-bond donors (Lipinski definition) is 1. The van der Waals surface area contributed by atoms with Gasteiger partial charge in [0.1, 0.15) is 17.3 Å². The van der Waals surface area contributed by atoms with Crippen molar-refractivity contribution in [2.24, 2.45) is 0 Å². The SMILES string of the molecule is COc1ccc(N(F)c2cnc(-n3c(C)nc4cc(C#N)ccc43)nc2N)cc1. The van der Waals surface area contributed by atoms with Gasteiger partial charge in [-0.05, 0) is 49.4 Å². The Morgan fingerprint density at radius 2 is 1.93 bits per heavy atom. The maximum atomic E-state index is 14.8. The summed E-state index contributed by atoms with van der Waals surface area (Å²) in [5, 5.41) is 9.47. The summed E-state index contributed by atoms with van der Waals surface area (Å²) < 4.78 is 21.6. The van der Waals surface area contributed by atoms with Gasteiger partial charge in [0.05, 0.1) is 41.7 Å². The first-order valence-electron chi connectivity index (χ1n) is 8.64. The third kappa shape index (κ3) is 3.17. The van der Waals surface area contributed by atoms with Crippen LogP contribution in [0.25, 0.3) is 17.0 Å². The Morgan fingerprint density at radius 3 is 2.59 bits per heavy atom. The summed E-state index contributed by atoms with van der Waals surface area (Å²) in [6.07, 6.45) is 1.32. The molecule has 144 valence electrons. The quantitative estimate of drug-likeness (QED) is 0.531. The molecule has 29 heavy (non-hydrogen) atoms. The van der Waals surface area contributed by atoms with Crippen LogP contribution in [0, 0.1) is 18.3 Å². The standard InChI is InChI=1S/C20H16FN7O/c1-12-25-16-9-13(10-22)3-8-17(16)27(12)20-24-11-18(19(23)26-20)28(21)14-4-6-15(29-2)7-5-14/h3-9,11H,1-2H3,(H2,23,24,26). The van der Waals surface area contributed by atoms with E-state index in [0.717, 1.165) is 5.52 Å². The van der Waals surface area contributed by atoms with Crippen LogP contribution in [0.1, 0.15) is 11.4 Å². The van der Waals surface area contributed by atoms with E-state index in [0.29, 0.717) is 27.8 Å². The van der Waals surface area contributed by atoms with E-state index in [-0.39, 0.29) is 23.1 Å². The summed E-state index contributed by atoms with van der Waals surface area (Å²) in [4.78, 5) is 13.0. The van der Waals surface area contributed by atoms with Gasteiger partial charge in [-0.2, -0.15) is 15.4 Å². The Kier molecular flexibility index (Phi) is 4.44. The fraction of sp³-hybridized carbons (Fsp3) is 0.100. The summed E-state index contributed by atoms with van der Waals surface area (Å²) in [5.74, 6) is 1.47. The van der Waals surface area contributed by atoms with Gasteiger partial charge in [-0.15, -0.1) is 0 Å². The van der Waals surface area contributed by atoms with E-state index in [1.165, 1.54) is 13.3 Å². The molecule has 0 fully saturated rings. The molecule has 0 aliphatic heterocycles. The van der Waals surface area contributed by atoms with E-state index < -0.39 is 0 Å². The van der Waals surface area contributed by atoms with E-state index in [1.807, 2.05) is 0 Å². The molecule has 0 spiro atoms. The molecule has 2 heterocycles. The molecule has 2 aromatic heterocycles. The first-order valence-corrected chi connectivity index (χ1v) is 8.64. The van der Waals surface area contributed by atoms with Crippen LogP contribution in [0.4, 0.5) is 21.7 Å². The van der Waals surface area contributed by atoms with E-state index in [2.05, 4.69) is 21.0 Å². The normalized spacial score (nSPS) is 10.7. The molecule has 0 aliphatic carbocycles. The molecule has 0 unspecified atom stereocenters. The van der Waals surface area contributed by atoms with Gasteiger partial charge < -0.3 is 10.5 Å². The van der Waals surface area contributed by atoms with Gasteiger partial charge in [0.25, 0.3) is 0 Å². The lowest BCUT2D eigenvalue weighted by Gasteiger charge is -2.16. The number of nitrogen functional groups attached to an aromatic ring is 1. The van der Waals surface area contributed by atoms with Gasteiger partial charge in [0.15, 0.2) is 5.82 Å². The van der Waals surface area contributed by atoms with E-state index in [4.69, 9.17) is 15.7 Å². The van der Waals surface area contributed by atoms with Crippen molar-refractivity contribution in [1.82, 2.24) is 19.5 Å². The van der Waals surface area contributed by atoms with Crippen molar-refractivity contribution in [2.45, 2.75) is 6.92 Å². The average Bonchev–Trinajstić information content (AvgIpc) is 3.08. The Bertz CT molecular complexity index is 1240. The van der Waals surface area contributed by atoms with Crippen LogP contribution in [0.2, 0.25) is 0 Å². The molecule has 9 heteroatoms. The molecule has 4 rings (SSSR count). The number of benzene rings is 2. The number of rotatable bonds is 4. The molecule has 2 aromatic carbocycles. The first-order chi connectivity index (χ1) is 14.0. The van der Waals surface area contributed by atoms with Crippen LogP contribution in [-0.2, 0) is 0 Å². The van der Waals surface area contributed by atoms with E-state index >= 15 is 0 Å². The molecule has 0 saturated carbocycles. The Balaban J connectivity index is 1.73. The Labute approximate surface area is 165 Å². The second kappa shape index (κ2) is 7.09. The number of hydrogen-bond acceptors (Lipinski definition) is 7. The van der Waals surface area contributed by atoms with E-state index in [9.17, 15) is 4.48 Å². The number of ether oxygens (including phenoxy) is 1. The van der Waals surface area contributed by atoms with Gasteiger partial charge in [-0.1, -0.05) is 4.48 Å². The second-order valence-corrected chi connectivity index (χ2v) is 6.23. The van der Waals surface area contributed by atoms with Gasteiger partial charge >= 0.3 is 0 Å². The lowest BCUT2D eigenvalue weighted by atomic mass is 10.2. The zero-order chi connectivity index (χ0) is 20.5. The highest BCUT2D eigenvalue weighted by molar-refractivity contribution is 5.79. The minimum atomic E-state index is -0.0248. The predicted molar refractivity (Wildman–Crippen MR) is 107 cm³/mol. The lowest BCUT2D eigenvalue weighted by Crippen LogP contribution is -2.11. The number of aromatic nitrogens is 4. The highest BCUT2D eigenvalue weighted by Crippen LogP contribution is 2.31. The van der Waals surface area contributed by atoms with Crippen LogP contribution in [-0.4, -0.2) is 26.6 Å². The largest absolute Gasteiger partial charge is 0.497 e. The topological polar surface area (TPSA) is 106 Å². The van der Waals surface area contributed by atoms with Crippen LogP contribution >= 0.6 is 0 Å². The number of nitrogens with two attached hydrogens (primary N) is 1. The van der Waals surface area contributed by atoms with Gasteiger partial charge in [-0.3, -0.25) is 4.57 Å². The maximum Gasteiger partial charge on any atom is 0.237 e. The molecule has 8 nitrogen and oxygen atoms in total. The molecule has 4 aromatic rings. The number of halogens is 1. The summed E-state index contributed by atoms with van der Waals surface area (Å²) in [5.41, 5.74) is 8.18. The van der Waals surface area contributed by atoms with Crippen molar-refractivity contribution >= 4 is 28.2 Å². The van der Waals surface area contributed by atoms with Crippen molar-refractivity contribution in [2.75, 3.05) is 18.0 Å². The zero-order valence-corrected chi connectivity index (χ0v) is 15.7. The second-order valence-electron chi connectivity index (χ2n) is 6.23. The number of aryl methyl sites for hydroxylation is 1. The fourth-order valence-corrected chi connectivity index (χ4v) is 3.01. The monoisotopic (exact) mass is 389 g/mol. The summed E-state index contributed by atoms with van der Waals surface area (Å²) in [6, 6.07) is 13.6. The molecule has 2 N–H and O–H groups in total. The number of methoxy groups -OCH3 is 1. The average molecular weight is 389 g/mol. The smallest absolute Gasteiger partial charge is 0.237 e. The van der Waals surface area contributed by atoms with Crippen LogP contribution in [0.5, 0.6) is 5.75 Å². The van der Waals surface area contributed by atoms with Crippen LogP contribution < -0.4 is 15.6 Å². The van der Waals surface area contributed by atoms with Gasteiger partial charge in [-0.25, -0.2) is 9.97 Å². The predicted octanol–water partition coefficient (Wildman–Crippen LogP) is 3.61. The van der Waals surface area contributed by atoms with Crippen molar-refractivity contribution in [3.63, 3.8) is 0 Å². The van der Waals surface area contributed by atoms with Crippen molar-refractivity contribution in [3.8, 4) is 17.8 Å². The molecule has 0 radical (unpaired) electrons. The van der Waals surface area contributed by atoms with Crippen molar-refractivity contribution in [3.05, 3.63) is 60.0 Å². The van der Waals surface area contributed by atoms with Gasteiger partial charge in [0.2, 0.25) is 5.95 Å². The van der Waals surface area contributed by atoms with E-state index in [1.54, 1.807) is 54.0 Å². The molecule has 0 bridgehead atoms. The van der Waals surface area contributed by atoms with Crippen LogP contribution in [0.3, 0.4) is 0 Å². The summed E-state index contributed by atoms with van der Waals surface area (Å²) in [7, 11) is 1.54. The molecular weight excluding hydrogens is 373 g/mol. The zero-order valence-electron chi connectivity index (χ0n) is 15.7. The van der Waals surface area contributed by atoms with Crippen LogP contribution in [0.15, 0.2) is 48.7 Å². The minimum absolute atomic E-state index is 0.0211. The fourth-order valence-electron chi connectivity index (χ4n) is 3.01. The van der Waals surface area contributed by atoms with Crippen molar-refractivity contribution in [1.29, 1.82) is 5.26 Å². The highest BCUT2D eigenvalue weighted by Gasteiger charge is 2.17. The number of anilines is 3. The number of fused-ring (bicyclic) bond motifs is 1. The molecule has 0 saturated heterocycles. The molecule has 0 aliphatic rings. The number of nitrogens with zero attached hydrogens (tertiary/aromatic N) is 6. The summed E-state index contributed by atoms with van der Waals surface area (Å²) >= 11 is 0. The number of nitriles is 1. The first kappa shape index (κ1) is 18.2. The lowest BCUT2D eigenvalue weighted by molar-refractivity contribution is 0.414. The maximum absolute atomic E-state index is 14.8. The molecule has 0 atom stereocenters. The molecule has 0 amide bonds. The third-order valence-corrected chi connectivity index (χ3v) is 4.45. The highest BCUT2D eigenvalue weighted by atomic mass is 19.2. The van der Waals surface area contributed by atoms with Crippen molar-refractivity contribution < 1.29 is 9.22 Å². The summed E-state index contributed by atoms with van der Waals surface area (Å²) in [6.45, 7) is 1.79.